The Bertz CT molecular complexity index is 862. The van der Waals surface area contributed by atoms with Crippen LogP contribution in [0.4, 0.5) is 11.4 Å². The largest absolute Gasteiger partial charge is 0.381 e. The Morgan fingerprint density at radius 3 is 1.88 bits per heavy atom. The molecule has 4 heteroatoms. The number of hydrogen-bond acceptors (Lipinski definition) is 2. The molecule has 25 heavy (non-hydrogen) atoms. The van der Waals surface area contributed by atoms with Crippen molar-refractivity contribution in [3.8, 4) is 0 Å². The van der Waals surface area contributed by atoms with E-state index in [-0.39, 0.29) is 0 Å². The van der Waals surface area contributed by atoms with Gasteiger partial charge in [-0.3, -0.25) is 0 Å². The number of nitrogens with one attached hydrogen (secondary N) is 2. The lowest BCUT2D eigenvalue weighted by Crippen LogP contribution is -2.03. The average Bonchev–Trinajstić information content (AvgIpc) is 2.59. The lowest BCUT2D eigenvalue weighted by molar-refractivity contribution is 1.13. The molecule has 0 atom stereocenters. The topological polar surface area (TPSA) is 24.1 Å². The zero-order valence-electron chi connectivity index (χ0n) is 14.0. The van der Waals surface area contributed by atoms with Crippen molar-refractivity contribution >= 4 is 34.6 Å². The van der Waals surface area contributed by atoms with Crippen molar-refractivity contribution in [1.29, 1.82) is 0 Å². The minimum Gasteiger partial charge on any atom is -0.381 e. The van der Waals surface area contributed by atoms with Crippen molar-refractivity contribution in [3.63, 3.8) is 0 Å². The lowest BCUT2D eigenvalue weighted by atomic mass is 10.1. The van der Waals surface area contributed by atoms with Gasteiger partial charge in [-0.1, -0.05) is 47.5 Å². The molecule has 0 saturated heterocycles. The van der Waals surface area contributed by atoms with Gasteiger partial charge in [0.05, 0.1) is 0 Å². The normalized spacial score (nSPS) is 10.5. The number of benzene rings is 3. The molecule has 3 aromatic rings. The summed E-state index contributed by atoms with van der Waals surface area (Å²) in [4.78, 5) is 0. The zero-order valence-corrected chi connectivity index (χ0v) is 15.5. The van der Waals surface area contributed by atoms with Gasteiger partial charge in [-0.05, 0) is 66.1 Å². The Balaban J connectivity index is 1.60. The Hall–Kier alpha value is -2.16. The van der Waals surface area contributed by atoms with Crippen molar-refractivity contribution < 1.29 is 0 Å². The molecule has 0 amide bonds. The molecular weight excluding hydrogens is 351 g/mol. The monoisotopic (exact) mass is 370 g/mol. The summed E-state index contributed by atoms with van der Waals surface area (Å²) in [5.74, 6) is 0. The van der Waals surface area contributed by atoms with Crippen LogP contribution in [-0.2, 0) is 13.1 Å². The Morgan fingerprint density at radius 1 is 0.720 bits per heavy atom. The highest BCUT2D eigenvalue weighted by Gasteiger charge is 2.02. The van der Waals surface area contributed by atoms with Crippen molar-refractivity contribution in [2.45, 2.75) is 20.0 Å². The van der Waals surface area contributed by atoms with Crippen LogP contribution in [0.25, 0.3) is 0 Å². The van der Waals surface area contributed by atoms with E-state index in [9.17, 15) is 0 Å². The second-order valence-electron chi connectivity index (χ2n) is 6.00. The fraction of sp³-hybridized carbons (Fsp3) is 0.143. The van der Waals surface area contributed by atoms with E-state index in [1.165, 1.54) is 5.56 Å². The van der Waals surface area contributed by atoms with Crippen molar-refractivity contribution in [2.24, 2.45) is 0 Å². The van der Waals surface area contributed by atoms with E-state index in [1.54, 1.807) is 0 Å². The van der Waals surface area contributed by atoms with E-state index >= 15 is 0 Å². The van der Waals surface area contributed by atoms with E-state index in [0.717, 1.165) is 45.6 Å². The highest BCUT2D eigenvalue weighted by molar-refractivity contribution is 6.30. The molecule has 128 valence electrons. The number of aryl methyl sites for hydroxylation is 1. The van der Waals surface area contributed by atoms with E-state index in [0.29, 0.717) is 0 Å². The Labute approximate surface area is 158 Å². The van der Waals surface area contributed by atoms with Gasteiger partial charge in [0.25, 0.3) is 0 Å². The third-order valence-electron chi connectivity index (χ3n) is 3.98. The molecule has 2 N–H and O–H groups in total. The van der Waals surface area contributed by atoms with Gasteiger partial charge < -0.3 is 10.6 Å². The molecule has 0 radical (unpaired) electrons. The summed E-state index contributed by atoms with van der Waals surface area (Å²) in [6.45, 7) is 3.59. The smallest absolute Gasteiger partial charge is 0.0409 e. The van der Waals surface area contributed by atoms with Gasteiger partial charge >= 0.3 is 0 Å². The number of hydrogen-bond donors (Lipinski definition) is 2. The molecule has 0 aromatic heterocycles. The number of anilines is 2. The number of halogens is 2. The molecule has 0 aliphatic heterocycles. The van der Waals surface area contributed by atoms with Gasteiger partial charge in [0.1, 0.15) is 0 Å². The standard InChI is InChI=1S/C21H20Cl2N2/c1-15-10-20(24-13-16-4-2-6-18(22)11-16)8-9-21(15)25-14-17-5-3-7-19(23)12-17/h2-12,24-25H,13-14H2,1H3. The minimum atomic E-state index is 0.745. The quantitative estimate of drug-likeness (QED) is 0.515. The Kier molecular flexibility index (Phi) is 5.85. The maximum atomic E-state index is 6.03. The van der Waals surface area contributed by atoms with Crippen LogP contribution >= 0.6 is 23.2 Å². The SMILES string of the molecule is Cc1cc(NCc2cccc(Cl)c2)ccc1NCc1cccc(Cl)c1. The van der Waals surface area contributed by atoms with Crippen LogP contribution in [0.1, 0.15) is 16.7 Å². The van der Waals surface area contributed by atoms with E-state index in [1.807, 2.05) is 36.4 Å². The summed E-state index contributed by atoms with van der Waals surface area (Å²) in [6.07, 6.45) is 0. The molecule has 0 bridgehead atoms. The molecule has 3 rings (SSSR count). The van der Waals surface area contributed by atoms with E-state index < -0.39 is 0 Å². The second-order valence-corrected chi connectivity index (χ2v) is 6.87. The molecule has 0 heterocycles. The van der Waals surface area contributed by atoms with Crippen molar-refractivity contribution in [3.05, 3.63) is 93.5 Å². The molecule has 0 saturated carbocycles. The number of rotatable bonds is 6. The third kappa shape index (κ3) is 5.15. The summed E-state index contributed by atoms with van der Waals surface area (Å²) in [6, 6.07) is 22.1. The van der Waals surface area contributed by atoms with Crippen LogP contribution in [0.5, 0.6) is 0 Å². The summed E-state index contributed by atoms with van der Waals surface area (Å²) in [5.41, 5.74) is 5.72. The Morgan fingerprint density at radius 2 is 1.32 bits per heavy atom. The maximum absolute atomic E-state index is 6.03. The minimum absolute atomic E-state index is 0.745. The zero-order chi connectivity index (χ0) is 17.6. The van der Waals surface area contributed by atoms with Gasteiger partial charge in [-0.25, -0.2) is 0 Å². The van der Waals surface area contributed by atoms with Gasteiger partial charge in [-0.15, -0.1) is 0 Å². The van der Waals surface area contributed by atoms with E-state index in [2.05, 4.69) is 47.9 Å². The van der Waals surface area contributed by atoms with E-state index in [4.69, 9.17) is 23.2 Å². The fourth-order valence-corrected chi connectivity index (χ4v) is 3.09. The highest BCUT2D eigenvalue weighted by atomic mass is 35.5. The molecular formula is C21H20Cl2N2. The molecule has 0 aliphatic rings. The van der Waals surface area contributed by atoms with Gasteiger partial charge in [0, 0.05) is 34.5 Å². The second kappa shape index (κ2) is 8.28. The molecule has 3 aromatic carbocycles. The first-order valence-corrected chi connectivity index (χ1v) is 8.93. The summed E-state index contributed by atoms with van der Waals surface area (Å²) >= 11 is 12.1. The van der Waals surface area contributed by atoms with Crippen molar-refractivity contribution in [2.75, 3.05) is 10.6 Å². The molecule has 0 unspecified atom stereocenters. The molecule has 0 spiro atoms. The van der Waals surface area contributed by atoms with Crippen LogP contribution in [0.15, 0.2) is 66.7 Å². The third-order valence-corrected chi connectivity index (χ3v) is 4.45. The first-order valence-electron chi connectivity index (χ1n) is 8.17. The first-order chi connectivity index (χ1) is 12.1. The van der Waals surface area contributed by atoms with Crippen LogP contribution < -0.4 is 10.6 Å². The van der Waals surface area contributed by atoms with Crippen LogP contribution in [0, 0.1) is 6.92 Å². The summed E-state index contributed by atoms with van der Waals surface area (Å²) in [7, 11) is 0. The van der Waals surface area contributed by atoms with Gasteiger partial charge in [0.15, 0.2) is 0 Å². The molecule has 0 fully saturated rings. The van der Waals surface area contributed by atoms with Crippen LogP contribution in [0.3, 0.4) is 0 Å². The predicted molar refractivity (Wildman–Crippen MR) is 109 cm³/mol. The predicted octanol–water partition coefficient (Wildman–Crippen LogP) is 6.53. The summed E-state index contributed by atoms with van der Waals surface area (Å²) < 4.78 is 0. The van der Waals surface area contributed by atoms with Crippen LogP contribution in [0.2, 0.25) is 10.0 Å². The average molecular weight is 371 g/mol. The van der Waals surface area contributed by atoms with Gasteiger partial charge in [-0.2, -0.15) is 0 Å². The van der Waals surface area contributed by atoms with Crippen LogP contribution in [-0.4, -0.2) is 0 Å². The van der Waals surface area contributed by atoms with Gasteiger partial charge in [0.2, 0.25) is 0 Å². The summed E-state index contributed by atoms with van der Waals surface area (Å²) in [5, 5.41) is 8.42. The molecule has 0 aliphatic carbocycles. The maximum Gasteiger partial charge on any atom is 0.0409 e. The fourth-order valence-electron chi connectivity index (χ4n) is 2.67. The molecule has 2 nitrogen and oxygen atoms in total. The first kappa shape index (κ1) is 17.7. The lowest BCUT2D eigenvalue weighted by Gasteiger charge is -2.13. The van der Waals surface area contributed by atoms with Crippen molar-refractivity contribution in [1.82, 2.24) is 0 Å². The highest BCUT2D eigenvalue weighted by Crippen LogP contribution is 2.22.